The molecule has 0 spiro atoms. The van der Waals surface area contributed by atoms with Gasteiger partial charge in [0.2, 0.25) is 0 Å². The van der Waals surface area contributed by atoms with Gasteiger partial charge in [-0.2, -0.15) is 10.2 Å². The van der Waals surface area contributed by atoms with E-state index in [0.717, 1.165) is 46.6 Å². The molecule has 29 heavy (non-hydrogen) atoms. The topological polar surface area (TPSA) is 70.1 Å². The maximum Gasteiger partial charge on any atom is 0.153 e. The smallest absolute Gasteiger partial charge is 0.153 e. The molecule has 0 amide bonds. The Balaban J connectivity index is 1.67. The normalized spacial score (nSPS) is 12.0. The lowest BCUT2D eigenvalue weighted by Gasteiger charge is -2.15. The second-order valence-corrected chi connectivity index (χ2v) is 14.0. The fourth-order valence-electron chi connectivity index (χ4n) is 3.03. The van der Waals surface area contributed by atoms with Crippen molar-refractivity contribution in [1.82, 2.24) is 29.4 Å². The lowest BCUT2D eigenvalue weighted by molar-refractivity contribution is 0.0787. The summed E-state index contributed by atoms with van der Waals surface area (Å²) in [6.07, 6.45) is 5.57. The molecule has 8 heteroatoms. The summed E-state index contributed by atoms with van der Waals surface area (Å²) in [4.78, 5) is 8.94. The zero-order valence-electron chi connectivity index (χ0n) is 17.3. The van der Waals surface area contributed by atoms with Crippen molar-refractivity contribution >= 4 is 13.7 Å². The third-order valence-electron chi connectivity index (χ3n) is 4.64. The average Bonchev–Trinajstić information content (AvgIpc) is 3.31. The van der Waals surface area contributed by atoms with Gasteiger partial charge in [-0.1, -0.05) is 25.7 Å². The van der Waals surface area contributed by atoms with Crippen LogP contribution < -0.4 is 0 Å². The number of hydrogen-bond donors (Lipinski definition) is 0. The molecule has 0 aliphatic rings. The van der Waals surface area contributed by atoms with Gasteiger partial charge in [-0.25, -0.2) is 14.2 Å². The van der Waals surface area contributed by atoms with E-state index in [1.165, 1.54) is 0 Å². The molecule has 0 radical (unpaired) electrons. The standard InChI is InChI=1S/C21H26N6OSi/c1-16-6-5-7-19(23-16)21-17(18-8-9-20-22-10-11-27(20)24-18)14-26(25-21)15-28-12-13-29(2,3)4/h5-11,14H,12-13,15H2,1-4H3. The molecule has 0 fully saturated rings. The van der Waals surface area contributed by atoms with Crippen LogP contribution in [0.1, 0.15) is 5.69 Å². The van der Waals surface area contributed by atoms with Gasteiger partial charge in [0.15, 0.2) is 5.65 Å². The quantitative estimate of drug-likeness (QED) is 0.338. The Morgan fingerprint density at radius 2 is 1.90 bits per heavy atom. The van der Waals surface area contributed by atoms with Crippen LogP contribution in [0.15, 0.2) is 48.9 Å². The molecule has 7 nitrogen and oxygen atoms in total. The zero-order valence-corrected chi connectivity index (χ0v) is 18.3. The van der Waals surface area contributed by atoms with E-state index >= 15 is 0 Å². The van der Waals surface area contributed by atoms with Crippen LogP contribution in [-0.4, -0.2) is 44.0 Å². The van der Waals surface area contributed by atoms with Gasteiger partial charge in [0.05, 0.1) is 11.4 Å². The van der Waals surface area contributed by atoms with Crippen LogP contribution in [0.4, 0.5) is 0 Å². The lowest BCUT2D eigenvalue weighted by atomic mass is 10.1. The molecule has 0 saturated carbocycles. The van der Waals surface area contributed by atoms with Crippen molar-refractivity contribution in [3.63, 3.8) is 0 Å². The van der Waals surface area contributed by atoms with E-state index in [0.29, 0.717) is 6.73 Å². The number of fused-ring (bicyclic) bond motifs is 1. The molecular weight excluding hydrogens is 380 g/mol. The highest BCUT2D eigenvalue weighted by atomic mass is 28.3. The molecular formula is C21H26N6OSi. The number of rotatable bonds is 7. The summed E-state index contributed by atoms with van der Waals surface area (Å²) in [5, 5.41) is 9.47. The summed E-state index contributed by atoms with van der Waals surface area (Å²) in [5.74, 6) is 0. The Labute approximate surface area is 171 Å². The first-order valence-corrected chi connectivity index (χ1v) is 13.5. The van der Waals surface area contributed by atoms with Gasteiger partial charge in [0.25, 0.3) is 0 Å². The van der Waals surface area contributed by atoms with E-state index in [1.807, 2.05) is 54.3 Å². The number of aromatic nitrogens is 6. The maximum absolute atomic E-state index is 5.90. The van der Waals surface area contributed by atoms with Crippen molar-refractivity contribution < 1.29 is 4.74 Å². The monoisotopic (exact) mass is 406 g/mol. The molecule has 4 aromatic heterocycles. The summed E-state index contributed by atoms with van der Waals surface area (Å²) < 4.78 is 9.50. The molecule has 0 saturated heterocycles. The Morgan fingerprint density at radius 1 is 1.03 bits per heavy atom. The largest absolute Gasteiger partial charge is 0.360 e. The van der Waals surface area contributed by atoms with Gasteiger partial charge < -0.3 is 4.74 Å². The zero-order chi connectivity index (χ0) is 20.4. The van der Waals surface area contributed by atoms with Crippen molar-refractivity contribution in [1.29, 1.82) is 0 Å². The summed E-state index contributed by atoms with van der Waals surface area (Å²) in [7, 11) is -1.12. The first kappa shape index (κ1) is 19.5. The SMILES string of the molecule is Cc1cccc(-c2nn(COCC[Si](C)(C)C)cc2-c2ccc3nccn3n2)n1. The molecule has 0 atom stereocenters. The Hall–Kier alpha value is -2.84. The molecule has 4 rings (SSSR count). The second kappa shape index (κ2) is 7.88. The van der Waals surface area contributed by atoms with Crippen LogP contribution in [0.25, 0.3) is 28.3 Å². The Kier molecular flexibility index (Phi) is 5.29. The van der Waals surface area contributed by atoms with Gasteiger partial charge in [-0.15, -0.1) is 0 Å². The highest BCUT2D eigenvalue weighted by Crippen LogP contribution is 2.29. The van der Waals surface area contributed by atoms with E-state index < -0.39 is 8.07 Å². The summed E-state index contributed by atoms with van der Waals surface area (Å²) in [5.41, 5.74) is 5.14. The minimum Gasteiger partial charge on any atom is -0.360 e. The predicted octanol–water partition coefficient (Wildman–Crippen LogP) is 4.28. The third kappa shape index (κ3) is 4.60. The molecule has 0 N–H and O–H groups in total. The van der Waals surface area contributed by atoms with Crippen LogP contribution >= 0.6 is 0 Å². The first-order chi connectivity index (χ1) is 13.9. The molecule has 0 aliphatic carbocycles. The van der Waals surface area contributed by atoms with Crippen molar-refractivity contribution in [2.75, 3.05) is 6.61 Å². The van der Waals surface area contributed by atoms with Crippen LogP contribution in [0.3, 0.4) is 0 Å². The summed E-state index contributed by atoms with van der Waals surface area (Å²) >= 11 is 0. The predicted molar refractivity (Wildman–Crippen MR) is 116 cm³/mol. The molecule has 4 heterocycles. The number of nitrogens with zero attached hydrogens (tertiary/aromatic N) is 6. The second-order valence-electron chi connectivity index (χ2n) is 8.39. The lowest BCUT2D eigenvalue weighted by Crippen LogP contribution is -2.22. The Bertz CT molecular complexity index is 1130. The Morgan fingerprint density at radius 3 is 2.69 bits per heavy atom. The number of aryl methyl sites for hydroxylation is 1. The van der Waals surface area contributed by atoms with E-state index in [-0.39, 0.29) is 0 Å². The fraction of sp³-hybridized carbons (Fsp3) is 0.333. The molecule has 0 aliphatic heterocycles. The van der Waals surface area contributed by atoms with Gasteiger partial charge in [-0.05, 0) is 37.2 Å². The molecule has 0 bridgehead atoms. The summed E-state index contributed by atoms with van der Waals surface area (Å²) in [6.45, 7) is 10.2. The molecule has 0 unspecified atom stereocenters. The average molecular weight is 407 g/mol. The fourth-order valence-corrected chi connectivity index (χ4v) is 3.79. The minimum absolute atomic E-state index is 0.413. The minimum atomic E-state index is -1.12. The number of ether oxygens (including phenoxy) is 1. The van der Waals surface area contributed by atoms with Crippen LogP contribution in [0, 0.1) is 6.92 Å². The number of pyridine rings is 1. The highest BCUT2D eigenvalue weighted by Gasteiger charge is 2.17. The van der Waals surface area contributed by atoms with Gasteiger partial charge >= 0.3 is 0 Å². The number of imidazole rings is 1. The van der Waals surface area contributed by atoms with E-state index in [1.54, 1.807) is 10.7 Å². The van der Waals surface area contributed by atoms with E-state index in [9.17, 15) is 0 Å². The van der Waals surface area contributed by atoms with E-state index in [4.69, 9.17) is 14.9 Å². The maximum atomic E-state index is 5.90. The number of hydrogen-bond acceptors (Lipinski definition) is 5. The van der Waals surface area contributed by atoms with Crippen LogP contribution in [0.5, 0.6) is 0 Å². The van der Waals surface area contributed by atoms with Crippen molar-refractivity contribution in [3.05, 3.63) is 54.6 Å². The highest BCUT2D eigenvalue weighted by molar-refractivity contribution is 6.76. The van der Waals surface area contributed by atoms with Crippen LogP contribution in [0.2, 0.25) is 25.7 Å². The first-order valence-electron chi connectivity index (χ1n) is 9.79. The van der Waals surface area contributed by atoms with Crippen molar-refractivity contribution in [2.24, 2.45) is 0 Å². The van der Waals surface area contributed by atoms with Gasteiger partial charge in [0, 0.05) is 44.5 Å². The molecule has 150 valence electrons. The van der Waals surface area contributed by atoms with Gasteiger partial charge in [-0.3, -0.25) is 4.98 Å². The molecule has 4 aromatic rings. The van der Waals surface area contributed by atoms with E-state index in [2.05, 4.69) is 29.6 Å². The van der Waals surface area contributed by atoms with Gasteiger partial charge in [0.1, 0.15) is 12.4 Å². The van der Waals surface area contributed by atoms with Crippen molar-refractivity contribution in [2.45, 2.75) is 39.3 Å². The third-order valence-corrected chi connectivity index (χ3v) is 6.35. The van der Waals surface area contributed by atoms with Crippen LogP contribution in [-0.2, 0) is 11.5 Å². The summed E-state index contributed by atoms with van der Waals surface area (Å²) in [6, 6.07) is 11.0. The molecule has 0 aromatic carbocycles. The van der Waals surface area contributed by atoms with Crippen molar-refractivity contribution in [3.8, 4) is 22.6 Å².